The van der Waals surface area contributed by atoms with Gasteiger partial charge in [0.1, 0.15) is 23.4 Å². The van der Waals surface area contributed by atoms with Gasteiger partial charge in [-0.3, -0.25) is 5.32 Å². The molecule has 24 heavy (non-hydrogen) atoms. The largest absolute Gasteiger partial charge is 0.464 e. The Bertz CT molecular complexity index is 719. The number of furan rings is 1. The van der Waals surface area contributed by atoms with Gasteiger partial charge in [0.25, 0.3) is 0 Å². The van der Waals surface area contributed by atoms with Gasteiger partial charge in [-0.25, -0.2) is 9.48 Å². The molecule has 1 N–H and O–H groups in total. The van der Waals surface area contributed by atoms with Crippen LogP contribution in [0.2, 0.25) is 0 Å². The third kappa shape index (κ3) is 2.91. The van der Waals surface area contributed by atoms with Crippen molar-refractivity contribution >= 4 is 11.8 Å². The van der Waals surface area contributed by atoms with Crippen molar-refractivity contribution < 1.29 is 13.9 Å². The molecule has 2 aromatic rings. The minimum absolute atomic E-state index is 0.139. The second kappa shape index (κ2) is 6.32. The summed E-state index contributed by atoms with van der Waals surface area (Å²) < 4.78 is 13.3. The number of aromatic nitrogens is 2. The number of carbonyl (C=O) groups is 1. The SMILES string of the molecule is CCc1ccc(C2COCCN2C(=O)Nc2ccnn2C2CC2)o1. The predicted octanol–water partition coefficient (Wildman–Crippen LogP) is 2.98. The molecule has 4 rings (SSSR count). The van der Waals surface area contributed by atoms with E-state index >= 15 is 0 Å². The number of aryl methyl sites for hydroxylation is 1. The Morgan fingerprint density at radius 1 is 1.38 bits per heavy atom. The first-order valence-corrected chi connectivity index (χ1v) is 8.53. The molecule has 2 aromatic heterocycles. The van der Waals surface area contributed by atoms with E-state index < -0.39 is 0 Å². The second-order valence-corrected chi connectivity index (χ2v) is 6.26. The van der Waals surface area contributed by atoms with E-state index in [1.54, 1.807) is 11.1 Å². The Balaban J connectivity index is 1.51. The van der Waals surface area contributed by atoms with E-state index in [2.05, 4.69) is 10.4 Å². The fraction of sp³-hybridized carbons (Fsp3) is 0.529. The van der Waals surface area contributed by atoms with Gasteiger partial charge in [-0.15, -0.1) is 0 Å². The maximum atomic E-state index is 12.8. The summed E-state index contributed by atoms with van der Waals surface area (Å²) in [5.41, 5.74) is 0. The normalized spacial score (nSPS) is 21.0. The van der Waals surface area contributed by atoms with Crippen molar-refractivity contribution in [2.75, 3.05) is 25.1 Å². The lowest BCUT2D eigenvalue weighted by Gasteiger charge is -2.34. The molecule has 7 heteroatoms. The molecular weight excluding hydrogens is 308 g/mol. The van der Waals surface area contributed by atoms with Crippen molar-refractivity contribution in [3.8, 4) is 0 Å². The van der Waals surface area contributed by atoms with E-state index in [-0.39, 0.29) is 12.1 Å². The van der Waals surface area contributed by atoms with Gasteiger partial charge < -0.3 is 14.1 Å². The van der Waals surface area contributed by atoms with Crippen LogP contribution in [0, 0.1) is 0 Å². The first-order valence-electron chi connectivity index (χ1n) is 8.53. The smallest absolute Gasteiger partial charge is 0.323 e. The van der Waals surface area contributed by atoms with Crippen molar-refractivity contribution in [3.63, 3.8) is 0 Å². The van der Waals surface area contributed by atoms with Crippen molar-refractivity contribution in [1.29, 1.82) is 0 Å². The number of rotatable bonds is 4. The van der Waals surface area contributed by atoms with Crippen LogP contribution in [-0.2, 0) is 11.2 Å². The summed E-state index contributed by atoms with van der Waals surface area (Å²) >= 11 is 0. The topological polar surface area (TPSA) is 72.5 Å². The third-order valence-electron chi connectivity index (χ3n) is 4.55. The van der Waals surface area contributed by atoms with E-state index in [1.807, 2.05) is 29.8 Å². The zero-order valence-corrected chi connectivity index (χ0v) is 13.8. The minimum Gasteiger partial charge on any atom is -0.464 e. The van der Waals surface area contributed by atoms with Gasteiger partial charge in [0.2, 0.25) is 0 Å². The second-order valence-electron chi connectivity index (χ2n) is 6.26. The van der Waals surface area contributed by atoms with Crippen LogP contribution in [0.4, 0.5) is 10.6 Å². The van der Waals surface area contributed by atoms with Gasteiger partial charge in [-0.2, -0.15) is 5.10 Å². The van der Waals surface area contributed by atoms with E-state index in [9.17, 15) is 4.79 Å². The van der Waals surface area contributed by atoms with Gasteiger partial charge in [-0.05, 0) is 25.0 Å². The monoisotopic (exact) mass is 330 g/mol. The quantitative estimate of drug-likeness (QED) is 0.935. The molecule has 1 atom stereocenters. The zero-order valence-electron chi connectivity index (χ0n) is 13.8. The van der Waals surface area contributed by atoms with Crippen molar-refractivity contribution in [2.24, 2.45) is 0 Å². The summed E-state index contributed by atoms with van der Waals surface area (Å²) in [6, 6.07) is 5.83. The highest BCUT2D eigenvalue weighted by Crippen LogP contribution is 2.36. The maximum absolute atomic E-state index is 12.8. The molecule has 2 aliphatic rings. The summed E-state index contributed by atoms with van der Waals surface area (Å²) in [6.07, 6.45) is 4.80. The van der Waals surface area contributed by atoms with Crippen LogP contribution in [0.3, 0.4) is 0 Å². The van der Waals surface area contributed by atoms with Gasteiger partial charge >= 0.3 is 6.03 Å². The number of nitrogens with one attached hydrogen (secondary N) is 1. The number of nitrogens with zero attached hydrogens (tertiary/aromatic N) is 3. The number of carbonyl (C=O) groups excluding carboxylic acids is 1. The number of ether oxygens (including phenoxy) is 1. The Morgan fingerprint density at radius 3 is 3.00 bits per heavy atom. The van der Waals surface area contributed by atoms with Crippen molar-refractivity contribution in [2.45, 2.75) is 38.3 Å². The van der Waals surface area contributed by atoms with E-state index in [0.717, 1.165) is 36.6 Å². The Hall–Kier alpha value is -2.28. The highest BCUT2D eigenvalue weighted by atomic mass is 16.5. The molecule has 3 heterocycles. The molecule has 0 spiro atoms. The molecule has 2 amide bonds. The molecule has 1 unspecified atom stereocenters. The third-order valence-corrected chi connectivity index (χ3v) is 4.55. The van der Waals surface area contributed by atoms with E-state index in [0.29, 0.717) is 25.8 Å². The highest BCUT2D eigenvalue weighted by Gasteiger charge is 2.32. The molecule has 1 saturated carbocycles. The van der Waals surface area contributed by atoms with Gasteiger partial charge in [-0.1, -0.05) is 6.92 Å². The Kier molecular flexibility index (Phi) is 4.02. The summed E-state index contributed by atoms with van der Waals surface area (Å²) in [6.45, 7) is 3.57. The van der Waals surface area contributed by atoms with Gasteiger partial charge in [0, 0.05) is 19.0 Å². The van der Waals surface area contributed by atoms with Crippen LogP contribution in [0.1, 0.15) is 43.4 Å². The van der Waals surface area contributed by atoms with E-state index in [1.165, 1.54) is 0 Å². The van der Waals surface area contributed by atoms with Crippen LogP contribution in [0.15, 0.2) is 28.8 Å². The molecule has 2 fully saturated rings. The standard InChI is InChI=1S/C17H22N4O3/c1-2-13-5-6-15(24-13)14-11-23-10-9-20(14)17(22)19-16-7-8-18-21(16)12-3-4-12/h5-8,12,14H,2-4,9-11H2,1H3,(H,19,22). The number of hydrogen-bond acceptors (Lipinski definition) is 4. The van der Waals surface area contributed by atoms with Crippen LogP contribution in [0.25, 0.3) is 0 Å². The Morgan fingerprint density at radius 2 is 2.25 bits per heavy atom. The van der Waals surface area contributed by atoms with Crippen molar-refractivity contribution in [3.05, 3.63) is 35.9 Å². The zero-order chi connectivity index (χ0) is 16.5. The predicted molar refractivity (Wildman–Crippen MR) is 87.9 cm³/mol. The number of urea groups is 1. The van der Waals surface area contributed by atoms with Crippen LogP contribution < -0.4 is 5.32 Å². The van der Waals surface area contributed by atoms with Crippen LogP contribution in [0.5, 0.6) is 0 Å². The van der Waals surface area contributed by atoms with Crippen molar-refractivity contribution in [1.82, 2.24) is 14.7 Å². The van der Waals surface area contributed by atoms with Crippen LogP contribution in [-0.4, -0.2) is 40.5 Å². The molecular formula is C17H22N4O3. The molecule has 1 aliphatic carbocycles. The lowest BCUT2D eigenvalue weighted by atomic mass is 10.2. The molecule has 1 aliphatic heterocycles. The summed E-state index contributed by atoms with van der Waals surface area (Å²) in [5.74, 6) is 2.45. The average molecular weight is 330 g/mol. The average Bonchev–Trinajstić information content (AvgIpc) is 3.16. The first kappa shape index (κ1) is 15.3. The number of morpholine rings is 1. The number of anilines is 1. The van der Waals surface area contributed by atoms with Gasteiger partial charge in [0.05, 0.1) is 25.5 Å². The summed E-state index contributed by atoms with van der Waals surface area (Å²) in [5, 5.41) is 7.30. The van der Waals surface area contributed by atoms with Gasteiger partial charge in [0.15, 0.2) is 0 Å². The van der Waals surface area contributed by atoms with Crippen LogP contribution >= 0.6 is 0 Å². The molecule has 7 nitrogen and oxygen atoms in total. The van der Waals surface area contributed by atoms with E-state index in [4.69, 9.17) is 9.15 Å². The molecule has 128 valence electrons. The fourth-order valence-electron chi connectivity index (χ4n) is 3.05. The first-order chi connectivity index (χ1) is 11.8. The number of amides is 2. The fourth-order valence-corrected chi connectivity index (χ4v) is 3.05. The lowest BCUT2D eigenvalue weighted by Crippen LogP contribution is -2.45. The maximum Gasteiger partial charge on any atom is 0.323 e. The molecule has 0 bridgehead atoms. The molecule has 1 saturated heterocycles. The lowest BCUT2D eigenvalue weighted by molar-refractivity contribution is 0.00698. The Labute approximate surface area is 140 Å². The summed E-state index contributed by atoms with van der Waals surface area (Å²) in [4.78, 5) is 14.6. The highest BCUT2D eigenvalue weighted by molar-refractivity contribution is 5.88. The molecule has 0 radical (unpaired) electrons. The summed E-state index contributed by atoms with van der Waals surface area (Å²) in [7, 11) is 0. The molecule has 0 aromatic carbocycles. The minimum atomic E-state index is -0.198. The number of hydrogen-bond donors (Lipinski definition) is 1.